The lowest BCUT2D eigenvalue weighted by molar-refractivity contribution is -0.128. The minimum absolute atomic E-state index is 0.176. The molecule has 0 bridgehead atoms. The molecule has 8 atom stereocenters. The van der Waals surface area contributed by atoms with E-state index < -0.39 is 24.4 Å². The largest absolute Gasteiger partial charge is 0.350 e. The number of piperidine rings is 1. The number of carbonyl (C=O) groups is 1. The van der Waals surface area contributed by atoms with E-state index in [1.165, 1.54) is 0 Å². The van der Waals surface area contributed by atoms with E-state index in [1.54, 1.807) is 0 Å². The van der Waals surface area contributed by atoms with Gasteiger partial charge in [0.15, 0.2) is 0 Å². The van der Waals surface area contributed by atoms with Crippen molar-refractivity contribution in [3.63, 3.8) is 0 Å². The zero-order valence-electron chi connectivity index (χ0n) is 21.7. The molecule has 0 aromatic rings. The first-order valence-electron chi connectivity index (χ1n) is 13.6. The Morgan fingerprint density at radius 2 is 1.97 bits per heavy atom. The molecule has 0 spiro atoms. The monoisotopic (exact) mass is 499 g/mol. The van der Waals surface area contributed by atoms with Crippen LogP contribution in [-0.2, 0) is 4.79 Å². The molecule has 3 heterocycles. The van der Waals surface area contributed by atoms with Crippen LogP contribution >= 0.6 is 0 Å². The van der Waals surface area contributed by atoms with Crippen molar-refractivity contribution in [2.75, 3.05) is 45.8 Å². The smallest absolute Gasteiger partial charge is 0.228 e. The standard InChI is InChI=1S/C25H47F2N7O/c1-4-5-6-16(2)20-8-7-18(26)13-31-17(3)22(24(28)32-20)25(35)33-21-15-30-14-19(27)23(21)34-11-9-29-10-12-34/h16-19,21-24,29-31H,4-15,28H2,1-3H3,(H,33,35). The van der Waals surface area contributed by atoms with Gasteiger partial charge >= 0.3 is 0 Å². The number of nitrogens with zero attached hydrogens (tertiary/aromatic N) is 2. The Morgan fingerprint density at radius 3 is 2.69 bits per heavy atom. The van der Waals surface area contributed by atoms with Gasteiger partial charge in [-0.3, -0.25) is 14.7 Å². The van der Waals surface area contributed by atoms with Crippen LogP contribution in [-0.4, -0.2) is 99.0 Å². The minimum atomic E-state index is -1.07. The fourth-order valence-corrected chi connectivity index (χ4v) is 5.66. The van der Waals surface area contributed by atoms with Crippen molar-refractivity contribution < 1.29 is 13.6 Å². The van der Waals surface area contributed by atoms with Crippen LogP contribution in [0.25, 0.3) is 0 Å². The van der Waals surface area contributed by atoms with Gasteiger partial charge in [0.25, 0.3) is 0 Å². The van der Waals surface area contributed by atoms with Crippen molar-refractivity contribution in [2.24, 2.45) is 22.6 Å². The molecule has 3 rings (SSSR count). The van der Waals surface area contributed by atoms with E-state index in [4.69, 9.17) is 10.7 Å². The third-order valence-electron chi connectivity index (χ3n) is 7.85. The van der Waals surface area contributed by atoms with E-state index in [-0.39, 0.29) is 43.0 Å². The normalized spacial score (nSPS) is 36.7. The van der Waals surface area contributed by atoms with Gasteiger partial charge in [0, 0.05) is 57.6 Å². The van der Waals surface area contributed by atoms with Crippen LogP contribution in [0.1, 0.15) is 52.9 Å². The van der Waals surface area contributed by atoms with E-state index in [0.717, 1.165) is 51.2 Å². The number of carbonyl (C=O) groups excluding carboxylic acids is 1. The summed E-state index contributed by atoms with van der Waals surface area (Å²) in [6.07, 6.45) is 1.25. The molecule has 3 aliphatic heterocycles. The number of piperazine rings is 1. The Kier molecular flexibility index (Phi) is 11.3. The fourth-order valence-electron chi connectivity index (χ4n) is 5.66. The molecule has 0 saturated carbocycles. The molecule has 2 fully saturated rings. The SMILES string of the molecule is CCCCC(C)C1=NC(N)C(C(=O)NC2CNCC(F)C2N2CCNCC2)C(C)NCC(F)CC1. The number of hydrogen-bond donors (Lipinski definition) is 5. The molecule has 2 saturated heterocycles. The molecule has 0 radical (unpaired) electrons. The number of nitrogens with one attached hydrogen (secondary N) is 4. The van der Waals surface area contributed by atoms with E-state index in [0.29, 0.717) is 19.4 Å². The van der Waals surface area contributed by atoms with Gasteiger partial charge in [-0.15, -0.1) is 0 Å². The first kappa shape index (κ1) is 28.4. The van der Waals surface area contributed by atoms with Gasteiger partial charge in [0.2, 0.25) is 5.91 Å². The first-order chi connectivity index (χ1) is 16.8. The number of halogens is 2. The summed E-state index contributed by atoms with van der Waals surface area (Å²) in [4.78, 5) is 20.6. The lowest BCUT2D eigenvalue weighted by Crippen LogP contribution is -2.68. The molecule has 10 heteroatoms. The molecule has 0 aliphatic carbocycles. The summed E-state index contributed by atoms with van der Waals surface area (Å²) in [7, 11) is 0. The summed E-state index contributed by atoms with van der Waals surface area (Å²) in [5.41, 5.74) is 7.48. The number of unbranched alkanes of at least 4 members (excludes halogenated alkanes) is 1. The lowest BCUT2D eigenvalue weighted by Gasteiger charge is -2.44. The number of alkyl halides is 2. The highest BCUT2D eigenvalue weighted by Gasteiger charge is 2.41. The van der Waals surface area contributed by atoms with Crippen LogP contribution in [0.15, 0.2) is 4.99 Å². The summed E-state index contributed by atoms with van der Waals surface area (Å²) in [6, 6.07) is -1.13. The predicted molar refractivity (Wildman–Crippen MR) is 137 cm³/mol. The third kappa shape index (κ3) is 7.89. The predicted octanol–water partition coefficient (Wildman–Crippen LogP) is 0.965. The molecule has 35 heavy (non-hydrogen) atoms. The molecule has 3 aliphatic rings. The van der Waals surface area contributed by atoms with Crippen molar-refractivity contribution >= 4 is 11.6 Å². The number of rotatable bonds is 7. The molecule has 0 aromatic heterocycles. The van der Waals surface area contributed by atoms with Crippen LogP contribution in [0.2, 0.25) is 0 Å². The highest BCUT2D eigenvalue weighted by molar-refractivity contribution is 5.87. The van der Waals surface area contributed by atoms with Gasteiger partial charge in [0.1, 0.15) is 18.5 Å². The van der Waals surface area contributed by atoms with Crippen LogP contribution in [0.4, 0.5) is 8.78 Å². The van der Waals surface area contributed by atoms with Gasteiger partial charge in [-0.2, -0.15) is 0 Å². The Morgan fingerprint density at radius 1 is 1.23 bits per heavy atom. The summed E-state index contributed by atoms with van der Waals surface area (Å²) in [5, 5.41) is 12.7. The average molecular weight is 500 g/mol. The van der Waals surface area contributed by atoms with Crippen LogP contribution in [0.3, 0.4) is 0 Å². The van der Waals surface area contributed by atoms with Crippen LogP contribution in [0, 0.1) is 11.8 Å². The van der Waals surface area contributed by atoms with E-state index in [1.807, 2.05) is 6.92 Å². The first-order valence-corrected chi connectivity index (χ1v) is 13.6. The minimum Gasteiger partial charge on any atom is -0.350 e. The highest BCUT2D eigenvalue weighted by Crippen LogP contribution is 2.22. The molecule has 8 unspecified atom stereocenters. The van der Waals surface area contributed by atoms with Gasteiger partial charge in [-0.05, 0) is 32.1 Å². The molecule has 8 nitrogen and oxygen atoms in total. The zero-order chi connectivity index (χ0) is 25.4. The molecule has 202 valence electrons. The number of amides is 1. The average Bonchev–Trinajstić information content (AvgIpc) is 2.84. The Balaban J connectivity index is 1.79. The van der Waals surface area contributed by atoms with Crippen molar-refractivity contribution in [3.8, 4) is 0 Å². The summed E-state index contributed by atoms with van der Waals surface area (Å²) < 4.78 is 29.6. The van der Waals surface area contributed by atoms with Gasteiger partial charge in [-0.1, -0.05) is 26.7 Å². The maximum Gasteiger partial charge on any atom is 0.228 e. The second-order valence-corrected chi connectivity index (χ2v) is 10.6. The van der Waals surface area contributed by atoms with E-state index >= 15 is 4.39 Å². The van der Waals surface area contributed by atoms with Crippen molar-refractivity contribution in [1.29, 1.82) is 0 Å². The Bertz CT molecular complexity index is 691. The van der Waals surface area contributed by atoms with Crippen LogP contribution in [0.5, 0.6) is 0 Å². The van der Waals surface area contributed by atoms with Gasteiger partial charge in [0.05, 0.1) is 18.0 Å². The summed E-state index contributed by atoms with van der Waals surface area (Å²) in [5.74, 6) is -0.734. The molecule has 0 aromatic carbocycles. The molecular weight excluding hydrogens is 452 g/mol. The number of aliphatic imine (C=N–C) groups is 1. The summed E-state index contributed by atoms with van der Waals surface area (Å²) >= 11 is 0. The van der Waals surface area contributed by atoms with Gasteiger partial charge in [-0.25, -0.2) is 8.78 Å². The Hall–Kier alpha value is -1.20. The van der Waals surface area contributed by atoms with E-state index in [2.05, 4.69) is 40.0 Å². The maximum atomic E-state index is 15.1. The third-order valence-corrected chi connectivity index (χ3v) is 7.85. The van der Waals surface area contributed by atoms with Crippen molar-refractivity contribution in [3.05, 3.63) is 0 Å². The number of nitrogens with two attached hydrogens (primary N) is 1. The zero-order valence-corrected chi connectivity index (χ0v) is 21.7. The number of hydrogen-bond acceptors (Lipinski definition) is 7. The maximum absolute atomic E-state index is 15.1. The summed E-state index contributed by atoms with van der Waals surface area (Å²) in [6.45, 7) is 10.2. The molecule has 6 N–H and O–H groups in total. The van der Waals surface area contributed by atoms with Crippen LogP contribution < -0.4 is 27.0 Å². The second-order valence-electron chi connectivity index (χ2n) is 10.6. The lowest BCUT2D eigenvalue weighted by atomic mass is 9.90. The van der Waals surface area contributed by atoms with Crippen molar-refractivity contribution in [1.82, 2.24) is 26.2 Å². The fraction of sp³-hybridized carbons (Fsp3) is 0.920. The quantitative estimate of drug-likeness (QED) is 0.357. The van der Waals surface area contributed by atoms with E-state index in [9.17, 15) is 9.18 Å². The molecular formula is C25H47F2N7O. The molecule has 1 amide bonds. The van der Waals surface area contributed by atoms with Gasteiger partial charge < -0.3 is 27.0 Å². The second kappa shape index (κ2) is 13.9. The van der Waals surface area contributed by atoms with Crippen molar-refractivity contribution in [2.45, 2.75) is 89.5 Å². The Labute approximate surface area is 209 Å². The topological polar surface area (TPSA) is 107 Å². The highest BCUT2D eigenvalue weighted by atomic mass is 19.1.